The van der Waals surface area contributed by atoms with E-state index in [2.05, 4.69) is 53.8 Å². The topological polar surface area (TPSA) is 56.7 Å². The number of aliphatic imine (C=N–C) groups is 1. The van der Waals surface area contributed by atoms with Gasteiger partial charge < -0.3 is 15.5 Å². The van der Waals surface area contributed by atoms with E-state index in [1.807, 2.05) is 11.3 Å². The van der Waals surface area contributed by atoms with Gasteiger partial charge >= 0.3 is 0 Å². The van der Waals surface area contributed by atoms with Gasteiger partial charge in [-0.05, 0) is 50.0 Å². The summed E-state index contributed by atoms with van der Waals surface area (Å²) < 4.78 is 0. The van der Waals surface area contributed by atoms with Crippen molar-refractivity contribution in [1.29, 1.82) is 0 Å². The Hall–Kier alpha value is -0.830. The van der Waals surface area contributed by atoms with Crippen molar-refractivity contribution in [2.75, 3.05) is 26.2 Å². The predicted molar refractivity (Wildman–Crippen MR) is 126 cm³/mol. The molecule has 0 bridgehead atoms. The van der Waals surface area contributed by atoms with Crippen LogP contribution in [0.5, 0.6) is 0 Å². The van der Waals surface area contributed by atoms with Gasteiger partial charge in [-0.2, -0.15) is 0 Å². The lowest BCUT2D eigenvalue weighted by Gasteiger charge is -2.27. The molecular weight excluding hydrogens is 471 g/mol. The number of carbonyl (C=O) groups is 1. The van der Waals surface area contributed by atoms with Gasteiger partial charge in [0.1, 0.15) is 0 Å². The van der Waals surface area contributed by atoms with Crippen LogP contribution in [-0.4, -0.2) is 49.0 Å². The standard InChI is InChI=1S/C20H34N4OS.HI/c1-4-17(24-12-6-9-19(24)25)10-11-22-20(21-5-2)23-15-16(3)14-18-8-7-13-26-18;/h7-8,13,16-17H,4-6,9-12,14-15H2,1-3H3,(H2,21,22,23);1H. The fourth-order valence-corrected chi connectivity index (χ4v) is 4.29. The first-order valence-corrected chi connectivity index (χ1v) is 10.9. The van der Waals surface area contributed by atoms with E-state index in [1.165, 1.54) is 4.88 Å². The molecule has 2 atom stereocenters. The summed E-state index contributed by atoms with van der Waals surface area (Å²) >= 11 is 1.82. The smallest absolute Gasteiger partial charge is 0.222 e. The zero-order chi connectivity index (χ0) is 18.8. The molecule has 1 aliphatic rings. The van der Waals surface area contributed by atoms with Crippen LogP contribution >= 0.6 is 35.3 Å². The monoisotopic (exact) mass is 506 g/mol. The predicted octanol–water partition coefficient (Wildman–Crippen LogP) is 3.89. The van der Waals surface area contributed by atoms with Gasteiger partial charge in [0.05, 0.1) is 0 Å². The van der Waals surface area contributed by atoms with Crippen LogP contribution < -0.4 is 10.6 Å². The highest BCUT2D eigenvalue weighted by atomic mass is 127. The van der Waals surface area contributed by atoms with E-state index in [-0.39, 0.29) is 24.0 Å². The minimum absolute atomic E-state index is 0. The van der Waals surface area contributed by atoms with Crippen LogP contribution in [0.2, 0.25) is 0 Å². The van der Waals surface area contributed by atoms with Gasteiger partial charge in [-0.3, -0.25) is 9.79 Å². The van der Waals surface area contributed by atoms with Gasteiger partial charge in [0.25, 0.3) is 0 Å². The molecule has 1 amide bonds. The molecule has 0 aromatic carbocycles. The largest absolute Gasteiger partial charge is 0.357 e. The molecule has 1 aromatic rings. The molecule has 1 aliphatic heterocycles. The molecule has 5 nitrogen and oxygen atoms in total. The maximum absolute atomic E-state index is 12.0. The van der Waals surface area contributed by atoms with Crippen molar-refractivity contribution in [2.24, 2.45) is 10.9 Å². The number of nitrogens with zero attached hydrogens (tertiary/aromatic N) is 2. The lowest BCUT2D eigenvalue weighted by molar-refractivity contribution is -0.129. The van der Waals surface area contributed by atoms with Crippen LogP contribution in [-0.2, 0) is 11.2 Å². The van der Waals surface area contributed by atoms with E-state index in [1.54, 1.807) is 0 Å². The number of guanidine groups is 1. The van der Waals surface area contributed by atoms with Gasteiger partial charge in [-0.25, -0.2) is 0 Å². The Labute approximate surface area is 185 Å². The molecule has 1 saturated heterocycles. The van der Waals surface area contributed by atoms with Crippen LogP contribution in [0.25, 0.3) is 0 Å². The number of halogens is 1. The van der Waals surface area contributed by atoms with Crippen LogP contribution in [0, 0.1) is 5.92 Å². The summed E-state index contributed by atoms with van der Waals surface area (Å²) in [6, 6.07) is 4.65. The lowest BCUT2D eigenvalue weighted by Crippen LogP contribution is -2.42. The van der Waals surface area contributed by atoms with Gasteiger partial charge in [-0.1, -0.05) is 19.9 Å². The van der Waals surface area contributed by atoms with Crippen LogP contribution in [0.1, 0.15) is 51.3 Å². The molecule has 2 unspecified atom stereocenters. The van der Waals surface area contributed by atoms with Gasteiger partial charge in [-0.15, -0.1) is 35.3 Å². The van der Waals surface area contributed by atoms with Crippen molar-refractivity contribution < 1.29 is 4.79 Å². The molecule has 2 rings (SSSR count). The molecule has 0 spiro atoms. The van der Waals surface area contributed by atoms with E-state index < -0.39 is 0 Å². The second-order valence-electron chi connectivity index (χ2n) is 7.08. The van der Waals surface area contributed by atoms with E-state index in [4.69, 9.17) is 4.99 Å². The third-order valence-corrected chi connectivity index (χ3v) is 5.73. The zero-order valence-electron chi connectivity index (χ0n) is 16.9. The van der Waals surface area contributed by atoms with Crippen molar-refractivity contribution in [2.45, 2.75) is 58.9 Å². The molecule has 27 heavy (non-hydrogen) atoms. The highest BCUT2D eigenvalue weighted by Gasteiger charge is 2.26. The number of thiophene rings is 1. The number of likely N-dealkylation sites (tertiary alicyclic amines) is 1. The molecule has 1 fully saturated rings. The van der Waals surface area contributed by atoms with Crippen molar-refractivity contribution in [1.82, 2.24) is 15.5 Å². The molecular formula is C20H35IN4OS. The Morgan fingerprint density at radius 2 is 2.19 bits per heavy atom. The highest BCUT2D eigenvalue weighted by Crippen LogP contribution is 2.17. The van der Waals surface area contributed by atoms with Crippen LogP contribution in [0.3, 0.4) is 0 Å². The number of hydrogen-bond donors (Lipinski definition) is 2. The number of hydrogen-bond acceptors (Lipinski definition) is 3. The molecule has 0 saturated carbocycles. The van der Waals surface area contributed by atoms with Crippen molar-refractivity contribution >= 4 is 47.2 Å². The highest BCUT2D eigenvalue weighted by molar-refractivity contribution is 14.0. The van der Waals surface area contributed by atoms with Gasteiger partial charge in [0.2, 0.25) is 5.91 Å². The summed E-state index contributed by atoms with van der Waals surface area (Å²) in [7, 11) is 0. The Balaban J connectivity index is 0.00000364. The van der Waals surface area contributed by atoms with E-state index in [0.29, 0.717) is 17.9 Å². The summed E-state index contributed by atoms with van der Waals surface area (Å²) in [6.45, 7) is 9.94. The summed E-state index contributed by atoms with van der Waals surface area (Å²) in [5.74, 6) is 1.72. The minimum atomic E-state index is 0. The molecule has 1 aromatic heterocycles. The average Bonchev–Trinajstić information content (AvgIpc) is 3.28. The van der Waals surface area contributed by atoms with Crippen molar-refractivity contribution in [3.05, 3.63) is 22.4 Å². The Kier molecular flexibility index (Phi) is 12.0. The Bertz CT molecular complexity index is 564. The molecule has 0 radical (unpaired) electrons. The number of carbonyl (C=O) groups excluding carboxylic acids is 1. The van der Waals surface area contributed by atoms with Gasteiger partial charge in [0.15, 0.2) is 5.96 Å². The lowest BCUT2D eigenvalue weighted by atomic mass is 10.1. The third-order valence-electron chi connectivity index (χ3n) is 4.83. The SMILES string of the molecule is CCNC(=NCC(C)Cc1cccs1)NCCC(CC)N1CCCC1=O.I. The molecule has 154 valence electrons. The van der Waals surface area contributed by atoms with E-state index >= 15 is 0 Å². The zero-order valence-corrected chi connectivity index (χ0v) is 20.0. The maximum atomic E-state index is 12.0. The molecule has 2 N–H and O–H groups in total. The summed E-state index contributed by atoms with van der Waals surface area (Å²) in [5, 5.41) is 8.90. The summed E-state index contributed by atoms with van der Waals surface area (Å²) in [4.78, 5) is 20.2. The van der Waals surface area contributed by atoms with Crippen LogP contribution in [0.15, 0.2) is 22.5 Å². The molecule has 7 heteroatoms. The van der Waals surface area contributed by atoms with E-state index in [0.717, 1.165) is 64.2 Å². The minimum Gasteiger partial charge on any atom is -0.357 e. The average molecular weight is 506 g/mol. The summed E-state index contributed by atoms with van der Waals surface area (Å²) in [6.07, 6.45) is 4.79. The maximum Gasteiger partial charge on any atom is 0.222 e. The molecule has 2 heterocycles. The number of amides is 1. The normalized spacial score (nSPS) is 16.8. The quantitative estimate of drug-likeness (QED) is 0.288. The second-order valence-corrected chi connectivity index (χ2v) is 8.11. The Morgan fingerprint density at radius 3 is 2.78 bits per heavy atom. The fourth-order valence-electron chi connectivity index (χ4n) is 3.42. The fraction of sp³-hybridized carbons (Fsp3) is 0.700. The van der Waals surface area contributed by atoms with Crippen LogP contribution in [0.4, 0.5) is 0 Å². The van der Waals surface area contributed by atoms with Crippen molar-refractivity contribution in [3.63, 3.8) is 0 Å². The first kappa shape index (κ1) is 24.2. The third kappa shape index (κ3) is 8.37. The first-order chi connectivity index (χ1) is 12.6. The Morgan fingerprint density at radius 1 is 1.37 bits per heavy atom. The van der Waals surface area contributed by atoms with E-state index in [9.17, 15) is 4.79 Å². The van der Waals surface area contributed by atoms with Crippen molar-refractivity contribution in [3.8, 4) is 0 Å². The summed E-state index contributed by atoms with van der Waals surface area (Å²) in [5.41, 5.74) is 0. The molecule has 0 aliphatic carbocycles. The number of rotatable bonds is 10. The second kappa shape index (κ2) is 13.4. The first-order valence-electron chi connectivity index (χ1n) is 9.98. The van der Waals surface area contributed by atoms with Gasteiger partial charge in [0, 0.05) is 43.5 Å². The number of nitrogens with one attached hydrogen (secondary N) is 2.